The van der Waals surface area contributed by atoms with Crippen molar-refractivity contribution < 1.29 is 26.4 Å². The van der Waals surface area contributed by atoms with Crippen LogP contribution < -0.4 is 9.64 Å². The minimum absolute atomic E-state index is 0. The zero-order valence-corrected chi connectivity index (χ0v) is 34.0. The molecule has 2 amide bonds. The van der Waals surface area contributed by atoms with Gasteiger partial charge in [-0.25, -0.2) is 25.9 Å². The zero-order valence-electron chi connectivity index (χ0n) is 30.0. The second-order valence-electron chi connectivity index (χ2n) is 13.0. The lowest BCUT2D eigenvalue weighted by Gasteiger charge is -2.39. The van der Waals surface area contributed by atoms with Gasteiger partial charge in [0.15, 0.2) is 0 Å². The Morgan fingerprint density at radius 2 is 1.44 bits per heavy atom. The Bertz CT molecular complexity index is 1990. The molecule has 0 aromatic heterocycles. The summed E-state index contributed by atoms with van der Waals surface area (Å²) in [6, 6.07) is 16.1. The third-order valence-electron chi connectivity index (χ3n) is 8.96. The molecule has 0 N–H and O–H groups in total. The number of urea groups is 1. The fourth-order valence-electron chi connectivity index (χ4n) is 6.22. The molecule has 5 rings (SSSR count). The van der Waals surface area contributed by atoms with Crippen LogP contribution in [0.4, 0.5) is 10.5 Å². The molecule has 2 aliphatic rings. The molecule has 2 heterocycles. The summed E-state index contributed by atoms with van der Waals surface area (Å²) >= 11 is 12.6. The summed E-state index contributed by atoms with van der Waals surface area (Å²) in [7, 11) is -0.663. The van der Waals surface area contributed by atoms with Gasteiger partial charge < -0.3 is 14.5 Å². The summed E-state index contributed by atoms with van der Waals surface area (Å²) in [5.41, 5.74) is 2.32. The number of nitrogens with zero attached hydrogens (tertiary/aromatic N) is 6. The predicted molar refractivity (Wildman–Crippen MR) is 210 cm³/mol. The van der Waals surface area contributed by atoms with Gasteiger partial charge in [-0.2, -0.15) is 0 Å². The Hall–Kier alpha value is -3.11. The molecular weight excluding hydrogens is 771 g/mol. The topological polar surface area (TPSA) is 123 Å². The molecular formula is C35H45Cl3N6O6S2. The van der Waals surface area contributed by atoms with Crippen molar-refractivity contribution in [1.29, 1.82) is 0 Å². The van der Waals surface area contributed by atoms with Crippen molar-refractivity contribution in [2.45, 2.75) is 23.9 Å². The third-order valence-corrected chi connectivity index (χ3v) is 12.2. The van der Waals surface area contributed by atoms with Crippen LogP contribution in [-0.4, -0.2) is 127 Å². The van der Waals surface area contributed by atoms with E-state index in [2.05, 4.69) is 0 Å². The van der Waals surface area contributed by atoms with Crippen molar-refractivity contribution in [2.24, 2.45) is 4.99 Å². The quantitative estimate of drug-likeness (QED) is 0.250. The number of rotatable bonds is 11. The summed E-state index contributed by atoms with van der Waals surface area (Å²) in [6.07, 6.45) is 1.21. The number of ether oxygens (including phenoxy) is 1. The number of sulfone groups is 1. The summed E-state index contributed by atoms with van der Waals surface area (Å²) < 4.78 is 58.6. The average molecular weight is 816 g/mol. The number of sulfonamides is 1. The molecule has 0 unspecified atom stereocenters. The largest absolute Gasteiger partial charge is 0.493 e. The van der Waals surface area contributed by atoms with Gasteiger partial charge in [0.2, 0.25) is 10.0 Å². The molecule has 3 aromatic rings. The normalized spacial score (nSPS) is 18.3. The van der Waals surface area contributed by atoms with Gasteiger partial charge in [0.1, 0.15) is 32.4 Å². The van der Waals surface area contributed by atoms with Gasteiger partial charge >= 0.3 is 6.03 Å². The lowest BCUT2D eigenvalue weighted by atomic mass is 9.93. The fourth-order valence-corrected chi connectivity index (χ4v) is 8.22. The molecule has 284 valence electrons. The maximum Gasteiger partial charge on any atom is 0.326 e. The molecule has 0 bridgehead atoms. The molecule has 0 radical (unpaired) electrons. The van der Waals surface area contributed by atoms with Crippen molar-refractivity contribution in [2.75, 3.05) is 84.4 Å². The van der Waals surface area contributed by atoms with E-state index < -0.39 is 31.9 Å². The molecule has 0 aliphatic carbocycles. The molecule has 17 heteroatoms. The zero-order chi connectivity index (χ0) is 37.2. The van der Waals surface area contributed by atoms with Crippen molar-refractivity contribution in [3.8, 4) is 5.75 Å². The lowest BCUT2D eigenvalue weighted by molar-refractivity contribution is 0.122. The van der Waals surface area contributed by atoms with Crippen LogP contribution in [0.2, 0.25) is 10.0 Å². The Morgan fingerprint density at radius 1 is 0.885 bits per heavy atom. The number of amidine groups is 1. The van der Waals surface area contributed by atoms with Crippen molar-refractivity contribution in [3.63, 3.8) is 0 Å². The van der Waals surface area contributed by atoms with Gasteiger partial charge in [0, 0.05) is 83.3 Å². The molecule has 52 heavy (non-hydrogen) atoms. The Morgan fingerprint density at radius 3 is 1.94 bits per heavy atom. The van der Waals surface area contributed by atoms with E-state index in [0.717, 1.165) is 15.4 Å². The first-order valence-electron chi connectivity index (χ1n) is 16.5. The number of anilines is 1. The minimum Gasteiger partial charge on any atom is -0.493 e. The maximum absolute atomic E-state index is 15.0. The molecule has 2 aliphatic heterocycles. The van der Waals surface area contributed by atoms with Crippen LogP contribution in [-0.2, 0) is 19.9 Å². The predicted octanol–water partition coefficient (Wildman–Crippen LogP) is 5.46. The van der Waals surface area contributed by atoms with Crippen molar-refractivity contribution in [3.05, 3.63) is 87.4 Å². The highest BCUT2D eigenvalue weighted by molar-refractivity contribution is 7.90. The van der Waals surface area contributed by atoms with Crippen LogP contribution in [0.15, 0.2) is 70.6 Å². The number of hydrogen-bond acceptors (Lipinski definition) is 9. The van der Waals surface area contributed by atoms with Crippen LogP contribution in [0.25, 0.3) is 0 Å². The first-order valence-corrected chi connectivity index (χ1v) is 20.8. The molecule has 0 saturated carbocycles. The second-order valence-corrected chi connectivity index (χ2v) is 18.2. The number of carbonyl (C=O) groups excluding carboxylic acids is 1. The number of halogens is 3. The van der Waals surface area contributed by atoms with E-state index >= 15 is 0 Å². The highest BCUT2D eigenvalue weighted by Crippen LogP contribution is 2.46. The van der Waals surface area contributed by atoms with Crippen LogP contribution in [0, 0.1) is 0 Å². The fraction of sp³-hybridized carbons (Fsp3) is 0.429. The summed E-state index contributed by atoms with van der Waals surface area (Å²) in [6.45, 7) is 4.16. The van der Waals surface area contributed by atoms with E-state index in [-0.39, 0.29) is 41.5 Å². The van der Waals surface area contributed by atoms with E-state index in [1.54, 1.807) is 65.2 Å². The lowest BCUT2D eigenvalue weighted by Crippen LogP contribution is -2.54. The SMILES string of the molecule is CCOc1cc(N(C)C)c(S(=O)(=O)N(C)C)cc1C1=N[C@@H](c2ccc(Cl)cc2)[C@@H](c2ccc(Cl)cc2)N1C(=O)N1CCN(CCS(C)(=O)=O)CC1.Cl. The summed E-state index contributed by atoms with van der Waals surface area (Å²) in [5.74, 6) is 0.656. The highest BCUT2D eigenvalue weighted by Gasteiger charge is 2.45. The van der Waals surface area contributed by atoms with E-state index in [4.69, 9.17) is 32.9 Å². The first-order chi connectivity index (χ1) is 24.0. The minimum atomic E-state index is -3.97. The van der Waals surface area contributed by atoms with Crippen molar-refractivity contribution in [1.82, 2.24) is 19.0 Å². The highest BCUT2D eigenvalue weighted by atomic mass is 35.5. The molecule has 1 fully saturated rings. The Kier molecular flexibility index (Phi) is 13.5. The monoisotopic (exact) mass is 814 g/mol. The number of aliphatic imine (C=N–C) groups is 1. The van der Waals surface area contributed by atoms with Crippen LogP contribution >= 0.6 is 35.6 Å². The van der Waals surface area contributed by atoms with E-state index in [1.165, 1.54) is 20.4 Å². The number of amides is 2. The van der Waals surface area contributed by atoms with Crippen molar-refractivity contribution >= 4 is 73.0 Å². The van der Waals surface area contributed by atoms with E-state index in [0.29, 0.717) is 59.8 Å². The summed E-state index contributed by atoms with van der Waals surface area (Å²) in [5, 5.41) is 1.07. The van der Waals surface area contributed by atoms with Gasteiger partial charge in [-0.15, -0.1) is 12.4 Å². The number of piperazine rings is 1. The second kappa shape index (κ2) is 16.9. The average Bonchev–Trinajstić information content (AvgIpc) is 3.47. The molecule has 3 aromatic carbocycles. The number of benzene rings is 3. The third kappa shape index (κ3) is 9.15. The smallest absolute Gasteiger partial charge is 0.326 e. The Balaban J connectivity index is 0.00000605. The van der Waals surface area contributed by atoms with E-state index in [9.17, 15) is 21.6 Å². The van der Waals surface area contributed by atoms with Crippen LogP contribution in [0.1, 0.15) is 35.7 Å². The van der Waals surface area contributed by atoms with Gasteiger partial charge in [0.05, 0.1) is 29.7 Å². The number of hydrogen-bond donors (Lipinski definition) is 0. The summed E-state index contributed by atoms with van der Waals surface area (Å²) in [4.78, 5) is 27.3. The van der Waals surface area contributed by atoms with Crippen LogP contribution in [0.5, 0.6) is 5.75 Å². The maximum atomic E-state index is 15.0. The molecule has 12 nitrogen and oxygen atoms in total. The standard InChI is InChI=1S/C35H44Cl2N6O6S2.ClH/c1-7-49-30-23-29(39(2)3)31(51(47,48)40(4)5)22-28(30)34-38-32(24-8-12-26(36)13-9-24)33(25-10-14-27(37)15-11-25)43(34)35(44)42-18-16-41(17-19-42)20-21-50(6,45)46;/h8-15,22-23,32-33H,7,16-21H2,1-6H3;1H/t32-,33+;/m0./s1. The van der Waals surface area contributed by atoms with E-state index in [1.807, 2.05) is 36.1 Å². The first kappa shape index (κ1) is 41.6. The molecule has 2 atom stereocenters. The molecule has 1 saturated heterocycles. The van der Waals surface area contributed by atoms with Gasteiger partial charge in [-0.05, 0) is 48.4 Å². The molecule has 0 spiro atoms. The van der Waals surface area contributed by atoms with Gasteiger partial charge in [-0.3, -0.25) is 14.8 Å². The van der Waals surface area contributed by atoms with Gasteiger partial charge in [-0.1, -0.05) is 47.5 Å². The van der Waals surface area contributed by atoms with Gasteiger partial charge in [0.25, 0.3) is 0 Å². The van der Waals surface area contributed by atoms with Crippen LogP contribution in [0.3, 0.4) is 0 Å². The Labute approximate surface area is 323 Å². The number of carbonyl (C=O) groups is 1.